The smallest absolute Gasteiger partial charge is 0.223 e. The van der Waals surface area contributed by atoms with Crippen molar-refractivity contribution in [1.29, 1.82) is 0 Å². The number of aliphatic imine (C=N–C) groups is 3. The predicted molar refractivity (Wildman–Crippen MR) is 40.9 cm³/mol. The number of hydrogen-bond donors (Lipinski definition) is 2. The molecule has 1 rings (SSSR count). The molecule has 0 aromatic heterocycles. The Kier molecular flexibility index (Phi) is 1.79. The fourth-order valence-electron chi connectivity index (χ4n) is 0.452. The van der Waals surface area contributed by atoms with E-state index in [9.17, 15) is 0 Å². The maximum Gasteiger partial charge on any atom is 0.223 e. The molecule has 1 aliphatic rings. The molecular formula is C5H7N5. The van der Waals surface area contributed by atoms with Crippen LogP contribution in [0.5, 0.6) is 0 Å². The molecular weight excluding hydrogens is 130 g/mol. The molecule has 1 heterocycles. The van der Waals surface area contributed by atoms with Gasteiger partial charge in [0.1, 0.15) is 0 Å². The highest BCUT2D eigenvalue weighted by molar-refractivity contribution is 5.98. The summed E-state index contributed by atoms with van der Waals surface area (Å²) in [5, 5.41) is 0. The van der Waals surface area contributed by atoms with Gasteiger partial charge in [-0.05, 0) is 6.08 Å². The van der Waals surface area contributed by atoms with E-state index < -0.39 is 0 Å². The summed E-state index contributed by atoms with van der Waals surface area (Å²) in [5.41, 5.74) is 10.5. The number of rotatable bonds is 0. The van der Waals surface area contributed by atoms with Crippen LogP contribution in [0.4, 0.5) is 0 Å². The Morgan fingerprint density at radius 1 is 1.20 bits per heavy atom. The molecule has 0 aliphatic carbocycles. The molecule has 1 aliphatic heterocycles. The first-order valence-corrected chi connectivity index (χ1v) is 2.65. The predicted octanol–water partition coefficient (Wildman–Crippen LogP) is -0.786. The Bertz CT molecular complexity index is 232. The molecule has 5 heteroatoms. The van der Waals surface area contributed by atoms with Crippen molar-refractivity contribution in [2.24, 2.45) is 26.4 Å². The van der Waals surface area contributed by atoms with Crippen molar-refractivity contribution < 1.29 is 0 Å². The van der Waals surface area contributed by atoms with Crippen LogP contribution in [0.1, 0.15) is 0 Å². The van der Waals surface area contributed by atoms with E-state index in [1.807, 2.05) is 0 Å². The summed E-state index contributed by atoms with van der Waals surface area (Å²) < 4.78 is 0. The first-order valence-electron chi connectivity index (χ1n) is 2.65. The maximum absolute atomic E-state index is 5.25. The molecule has 0 fully saturated rings. The van der Waals surface area contributed by atoms with Gasteiger partial charge in [0.2, 0.25) is 11.9 Å². The second-order valence-corrected chi connectivity index (χ2v) is 1.58. The number of hydrogen-bond acceptors (Lipinski definition) is 5. The average molecular weight is 137 g/mol. The second kappa shape index (κ2) is 2.77. The van der Waals surface area contributed by atoms with Gasteiger partial charge in [0.15, 0.2) is 0 Å². The van der Waals surface area contributed by atoms with Crippen molar-refractivity contribution in [3.05, 3.63) is 12.3 Å². The Labute approximate surface area is 57.9 Å². The van der Waals surface area contributed by atoms with E-state index in [-0.39, 0.29) is 11.9 Å². The maximum atomic E-state index is 5.25. The molecule has 0 amide bonds. The van der Waals surface area contributed by atoms with Crippen LogP contribution < -0.4 is 11.5 Å². The minimum absolute atomic E-state index is 0.116. The highest BCUT2D eigenvalue weighted by Crippen LogP contribution is 1.82. The normalized spacial score (nSPS) is 34.0. The third kappa shape index (κ3) is 1.70. The molecule has 52 valence electrons. The Hall–Kier alpha value is -1.65. The van der Waals surface area contributed by atoms with Crippen molar-refractivity contribution in [2.45, 2.75) is 0 Å². The second-order valence-electron chi connectivity index (χ2n) is 1.58. The zero-order chi connectivity index (χ0) is 7.40. The summed E-state index contributed by atoms with van der Waals surface area (Å²) in [7, 11) is 0. The first-order chi connectivity index (χ1) is 4.79. The third-order valence-electron chi connectivity index (χ3n) is 0.815. The Balaban J connectivity index is 2.89. The van der Waals surface area contributed by atoms with Gasteiger partial charge in [-0.3, -0.25) is 0 Å². The van der Waals surface area contributed by atoms with Crippen LogP contribution in [0.15, 0.2) is 27.3 Å². The molecule has 0 saturated heterocycles. The van der Waals surface area contributed by atoms with Crippen LogP contribution in [0.3, 0.4) is 0 Å². The van der Waals surface area contributed by atoms with E-state index in [1.165, 1.54) is 12.4 Å². The van der Waals surface area contributed by atoms with Crippen molar-refractivity contribution in [3.63, 3.8) is 0 Å². The van der Waals surface area contributed by atoms with Crippen LogP contribution in [0, 0.1) is 0 Å². The largest absolute Gasteiger partial charge is 0.368 e. The molecule has 0 unspecified atom stereocenters. The van der Waals surface area contributed by atoms with Gasteiger partial charge < -0.3 is 11.5 Å². The lowest BCUT2D eigenvalue weighted by molar-refractivity contribution is 1.38. The number of allylic oxidation sites excluding steroid dienone is 1. The summed E-state index contributed by atoms with van der Waals surface area (Å²) in [6, 6.07) is 0. The van der Waals surface area contributed by atoms with E-state index >= 15 is 0 Å². The Morgan fingerprint density at radius 3 is 2.80 bits per heavy atom. The quantitative estimate of drug-likeness (QED) is 0.458. The van der Waals surface area contributed by atoms with E-state index in [0.717, 1.165) is 0 Å². The molecule has 4 N–H and O–H groups in total. The van der Waals surface area contributed by atoms with Crippen LogP contribution in [-0.2, 0) is 0 Å². The van der Waals surface area contributed by atoms with Gasteiger partial charge in [0, 0.05) is 12.4 Å². The van der Waals surface area contributed by atoms with Gasteiger partial charge in [-0.25, -0.2) is 9.98 Å². The summed E-state index contributed by atoms with van der Waals surface area (Å²) in [4.78, 5) is 11.0. The summed E-state index contributed by atoms with van der Waals surface area (Å²) >= 11 is 0. The SMILES string of the molecule is NC1=N/C=C\C=N/C(N)=N\1. The third-order valence-corrected chi connectivity index (χ3v) is 0.815. The Morgan fingerprint density at radius 2 is 2.00 bits per heavy atom. The lowest BCUT2D eigenvalue weighted by atomic mass is 10.6. The van der Waals surface area contributed by atoms with Crippen LogP contribution in [0.2, 0.25) is 0 Å². The zero-order valence-corrected chi connectivity index (χ0v) is 5.23. The average Bonchev–Trinajstić information content (AvgIpc) is 1.83. The molecule has 0 spiro atoms. The molecule has 0 aromatic carbocycles. The summed E-state index contributed by atoms with van der Waals surface area (Å²) in [6.45, 7) is 0. The van der Waals surface area contributed by atoms with Gasteiger partial charge in [-0.15, -0.1) is 0 Å². The lowest BCUT2D eigenvalue weighted by Crippen LogP contribution is -2.17. The zero-order valence-electron chi connectivity index (χ0n) is 5.23. The first kappa shape index (κ1) is 6.47. The van der Waals surface area contributed by atoms with Gasteiger partial charge in [-0.2, -0.15) is 4.99 Å². The van der Waals surface area contributed by atoms with E-state index in [0.29, 0.717) is 0 Å². The lowest BCUT2D eigenvalue weighted by Gasteiger charge is -1.92. The minimum Gasteiger partial charge on any atom is -0.368 e. The molecule has 0 atom stereocenters. The molecule has 5 nitrogen and oxygen atoms in total. The van der Waals surface area contributed by atoms with Crippen molar-refractivity contribution in [2.75, 3.05) is 0 Å². The fraction of sp³-hybridized carbons (Fsp3) is 0. The van der Waals surface area contributed by atoms with Crippen LogP contribution in [0.25, 0.3) is 0 Å². The standard InChI is InChI=1S/C5H7N5/c6-4-8-2-1-3-9-5(7)10-4/h1-3H,(H4,6,7,8,9,10). The van der Waals surface area contributed by atoms with E-state index in [2.05, 4.69) is 15.0 Å². The molecule has 0 radical (unpaired) electrons. The van der Waals surface area contributed by atoms with Crippen LogP contribution in [-0.4, -0.2) is 18.1 Å². The summed E-state index contributed by atoms with van der Waals surface area (Å²) in [6.07, 6.45) is 4.61. The minimum atomic E-state index is 0.116. The van der Waals surface area contributed by atoms with Gasteiger partial charge >= 0.3 is 0 Å². The molecule has 0 aromatic rings. The van der Waals surface area contributed by atoms with Crippen molar-refractivity contribution >= 4 is 18.1 Å². The monoisotopic (exact) mass is 137 g/mol. The van der Waals surface area contributed by atoms with Gasteiger partial charge in [-0.1, -0.05) is 0 Å². The van der Waals surface area contributed by atoms with Gasteiger partial charge in [0.25, 0.3) is 0 Å². The molecule has 10 heavy (non-hydrogen) atoms. The van der Waals surface area contributed by atoms with Crippen molar-refractivity contribution in [1.82, 2.24) is 0 Å². The highest BCUT2D eigenvalue weighted by atomic mass is 15.1. The topological polar surface area (TPSA) is 89.1 Å². The number of nitrogens with zero attached hydrogens (tertiary/aromatic N) is 3. The number of nitrogens with two attached hydrogens (primary N) is 2. The molecule has 0 bridgehead atoms. The van der Waals surface area contributed by atoms with E-state index in [4.69, 9.17) is 11.5 Å². The summed E-state index contributed by atoms with van der Waals surface area (Å²) in [5.74, 6) is 0.233. The van der Waals surface area contributed by atoms with E-state index in [1.54, 1.807) is 6.08 Å². The highest BCUT2D eigenvalue weighted by Gasteiger charge is 1.89. The number of guanidine groups is 2. The van der Waals surface area contributed by atoms with Crippen molar-refractivity contribution in [3.8, 4) is 0 Å². The van der Waals surface area contributed by atoms with Gasteiger partial charge in [0.05, 0.1) is 0 Å². The fourth-order valence-corrected chi connectivity index (χ4v) is 0.452. The molecule has 0 saturated carbocycles. The van der Waals surface area contributed by atoms with Crippen LogP contribution >= 0.6 is 0 Å².